The van der Waals surface area contributed by atoms with Gasteiger partial charge in [-0.15, -0.1) is 0 Å². The van der Waals surface area contributed by atoms with E-state index in [2.05, 4.69) is 43.4 Å². The number of rotatable bonds is 10. The molecule has 120 valence electrons. The molecule has 0 aliphatic carbocycles. The van der Waals surface area contributed by atoms with Gasteiger partial charge in [0, 0.05) is 6.61 Å². The van der Waals surface area contributed by atoms with Gasteiger partial charge in [-0.25, -0.2) is 0 Å². The summed E-state index contributed by atoms with van der Waals surface area (Å²) in [6.45, 7) is 10.6. The van der Waals surface area contributed by atoms with Gasteiger partial charge in [0.05, 0.1) is 25.4 Å². The van der Waals surface area contributed by atoms with E-state index in [1.165, 1.54) is 11.1 Å². The second-order valence-corrected chi connectivity index (χ2v) is 5.98. The molecule has 3 nitrogen and oxygen atoms in total. The molecule has 1 N–H and O–H groups in total. The fourth-order valence-electron chi connectivity index (χ4n) is 2.30. The minimum atomic E-state index is 0.126. The lowest BCUT2D eigenvalue weighted by Crippen LogP contribution is -2.26. The van der Waals surface area contributed by atoms with E-state index in [-0.39, 0.29) is 12.1 Å². The van der Waals surface area contributed by atoms with Crippen molar-refractivity contribution in [1.29, 1.82) is 0 Å². The average molecular weight is 293 g/mol. The summed E-state index contributed by atoms with van der Waals surface area (Å²) in [6.07, 6.45) is 1.26. The Balaban J connectivity index is 2.51. The van der Waals surface area contributed by atoms with Gasteiger partial charge < -0.3 is 14.8 Å². The van der Waals surface area contributed by atoms with Gasteiger partial charge in [0.15, 0.2) is 0 Å². The first kappa shape index (κ1) is 18.1. The molecule has 1 aromatic carbocycles. The number of nitrogens with one attached hydrogen (secondary N) is 1. The minimum absolute atomic E-state index is 0.126. The van der Waals surface area contributed by atoms with Crippen LogP contribution in [-0.2, 0) is 15.9 Å². The normalized spacial score (nSPS) is 14.4. The zero-order valence-corrected chi connectivity index (χ0v) is 14.2. The third-order valence-electron chi connectivity index (χ3n) is 3.48. The van der Waals surface area contributed by atoms with Crippen molar-refractivity contribution < 1.29 is 9.47 Å². The van der Waals surface area contributed by atoms with Crippen LogP contribution in [-0.4, -0.2) is 33.0 Å². The summed E-state index contributed by atoms with van der Waals surface area (Å²) in [5.74, 6) is 0.693. The molecule has 21 heavy (non-hydrogen) atoms. The Bertz CT molecular complexity index is 375. The molecule has 0 heterocycles. The number of benzene rings is 1. The highest BCUT2D eigenvalue weighted by Crippen LogP contribution is 2.16. The Morgan fingerprint density at radius 2 is 1.71 bits per heavy atom. The minimum Gasteiger partial charge on any atom is -0.379 e. The Labute approximate surface area is 130 Å². The van der Waals surface area contributed by atoms with E-state index in [1.54, 1.807) is 0 Å². The number of hydrogen-bond acceptors (Lipinski definition) is 3. The summed E-state index contributed by atoms with van der Waals surface area (Å²) < 4.78 is 11.2. The van der Waals surface area contributed by atoms with Crippen LogP contribution >= 0.6 is 0 Å². The molecule has 2 atom stereocenters. The Morgan fingerprint density at radius 1 is 1.05 bits per heavy atom. The fraction of sp³-hybridized carbons (Fsp3) is 0.667. The highest BCUT2D eigenvalue weighted by molar-refractivity contribution is 5.25. The van der Waals surface area contributed by atoms with Crippen LogP contribution in [0.1, 0.15) is 44.9 Å². The summed E-state index contributed by atoms with van der Waals surface area (Å²) in [6, 6.07) is 9.08. The highest BCUT2D eigenvalue weighted by Gasteiger charge is 2.12. The summed E-state index contributed by atoms with van der Waals surface area (Å²) >= 11 is 0. The van der Waals surface area contributed by atoms with E-state index in [0.717, 1.165) is 13.0 Å². The lowest BCUT2D eigenvalue weighted by atomic mass is 9.99. The summed E-state index contributed by atoms with van der Waals surface area (Å²) in [5.41, 5.74) is 2.67. The predicted molar refractivity (Wildman–Crippen MR) is 88.7 cm³/mol. The van der Waals surface area contributed by atoms with Crippen LogP contribution in [0.15, 0.2) is 24.3 Å². The molecule has 0 aliphatic rings. The molecule has 1 aromatic rings. The lowest BCUT2D eigenvalue weighted by molar-refractivity contribution is -0.0110. The maximum absolute atomic E-state index is 5.86. The van der Waals surface area contributed by atoms with Gasteiger partial charge in [-0.2, -0.15) is 0 Å². The van der Waals surface area contributed by atoms with Gasteiger partial charge in [-0.05, 0) is 44.4 Å². The maximum atomic E-state index is 5.86. The average Bonchev–Trinajstić information content (AvgIpc) is 2.46. The predicted octanol–water partition coefficient (Wildman–Crippen LogP) is 3.59. The molecule has 0 aromatic heterocycles. The Kier molecular flexibility index (Phi) is 8.58. The van der Waals surface area contributed by atoms with Crippen LogP contribution in [0.3, 0.4) is 0 Å². The van der Waals surface area contributed by atoms with Crippen LogP contribution in [0.4, 0.5) is 0 Å². The first-order chi connectivity index (χ1) is 10.1. The third kappa shape index (κ3) is 7.07. The second-order valence-electron chi connectivity index (χ2n) is 5.98. The van der Waals surface area contributed by atoms with Gasteiger partial charge in [-0.1, -0.05) is 38.1 Å². The highest BCUT2D eigenvalue weighted by atomic mass is 16.5. The van der Waals surface area contributed by atoms with Crippen LogP contribution < -0.4 is 5.32 Å². The van der Waals surface area contributed by atoms with Crippen molar-refractivity contribution >= 4 is 0 Å². The van der Waals surface area contributed by atoms with Crippen molar-refractivity contribution in [2.24, 2.45) is 5.92 Å². The van der Waals surface area contributed by atoms with Crippen molar-refractivity contribution in [3.63, 3.8) is 0 Å². The smallest absolute Gasteiger partial charge is 0.0781 e. The molecule has 0 spiro atoms. The van der Waals surface area contributed by atoms with Gasteiger partial charge in [0.25, 0.3) is 0 Å². The molecule has 1 rings (SSSR count). The van der Waals surface area contributed by atoms with Gasteiger partial charge >= 0.3 is 0 Å². The zero-order valence-electron chi connectivity index (χ0n) is 14.2. The first-order valence-electron chi connectivity index (χ1n) is 8.02. The van der Waals surface area contributed by atoms with Crippen molar-refractivity contribution in [2.75, 3.05) is 26.9 Å². The Hall–Kier alpha value is -0.900. The summed E-state index contributed by atoms with van der Waals surface area (Å²) in [5, 5.41) is 3.32. The summed E-state index contributed by atoms with van der Waals surface area (Å²) in [4.78, 5) is 0. The molecule has 0 amide bonds. The van der Waals surface area contributed by atoms with Crippen molar-refractivity contribution in [2.45, 2.75) is 46.3 Å². The molecular weight excluding hydrogens is 262 g/mol. The molecule has 0 fully saturated rings. The standard InChI is InChI=1S/C18H31NO2/c1-6-20-12-15(4)21-13-18(19-5)17-9-7-16(8-10-17)11-14(2)3/h7-10,14-15,18-19H,6,11-13H2,1-5H3. The lowest BCUT2D eigenvalue weighted by Gasteiger charge is -2.20. The van der Waals surface area contributed by atoms with Crippen molar-refractivity contribution in [1.82, 2.24) is 5.32 Å². The SMILES string of the molecule is CCOCC(C)OCC(NC)c1ccc(CC(C)C)cc1. The number of hydrogen-bond donors (Lipinski definition) is 1. The topological polar surface area (TPSA) is 30.5 Å². The quantitative estimate of drug-likeness (QED) is 0.715. The molecule has 0 saturated carbocycles. The Morgan fingerprint density at radius 3 is 2.24 bits per heavy atom. The number of ether oxygens (including phenoxy) is 2. The third-order valence-corrected chi connectivity index (χ3v) is 3.48. The van der Waals surface area contributed by atoms with Crippen LogP contribution in [0, 0.1) is 5.92 Å². The molecule has 0 aliphatic heterocycles. The van der Waals surface area contributed by atoms with Gasteiger partial charge in [0.2, 0.25) is 0 Å². The van der Waals surface area contributed by atoms with Crippen molar-refractivity contribution in [3.8, 4) is 0 Å². The zero-order chi connectivity index (χ0) is 15.7. The first-order valence-corrected chi connectivity index (χ1v) is 8.02. The fourth-order valence-corrected chi connectivity index (χ4v) is 2.30. The van der Waals surface area contributed by atoms with E-state index >= 15 is 0 Å². The maximum Gasteiger partial charge on any atom is 0.0781 e. The largest absolute Gasteiger partial charge is 0.379 e. The van der Waals surface area contributed by atoms with E-state index < -0.39 is 0 Å². The molecule has 0 saturated heterocycles. The molecule has 0 radical (unpaired) electrons. The monoisotopic (exact) mass is 293 g/mol. The molecule has 2 unspecified atom stereocenters. The molecule has 0 bridgehead atoms. The number of likely N-dealkylation sites (N-methyl/N-ethyl adjacent to an activating group) is 1. The van der Waals surface area contributed by atoms with Crippen LogP contribution in [0.5, 0.6) is 0 Å². The van der Waals surface area contributed by atoms with E-state index in [4.69, 9.17) is 9.47 Å². The van der Waals surface area contributed by atoms with Crippen LogP contribution in [0.25, 0.3) is 0 Å². The van der Waals surface area contributed by atoms with E-state index in [0.29, 0.717) is 19.1 Å². The molecule has 3 heteroatoms. The molecular formula is C18H31NO2. The second kappa shape index (κ2) is 9.93. The van der Waals surface area contributed by atoms with E-state index in [1.807, 2.05) is 20.9 Å². The van der Waals surface area contributed by atoms with Crippen molar-refractivity contribution in [3.05, 3.63) is 35.4 Å². The summed E-state index contributed by atoms with van der Waals surface area (Å²) in [7, 11) is 1.98. The van der Waals surface area contributed by atoms with Crippen LogP contribution in [0.2, 0.25) is 0 Å². The van der Waals surface area contributed by atoms with E-state index in [9.17, 15) is 0 Å². The van der Waals surface area contributed by atoms with Gasteiger partial charge in [0.1, 0.15) is 0 Å². The van der Waals surface area contributed by atoms with Gasteiger partial charge in [-0.3, -0.25) is 0 Å².